The first kappa shape index (κ1) is 96.2. The topological polar surface area (TPSA) is 515 Å². The highest BCUT2D eigenvalue weighted by atomic mass is 127. The normalized spacial score (nSPS) is 14.2. The Morgan fingerprint density at radius 3 is 1.83 bits per heavy atom. The number of alkyl carbamates (subject to hydrolysis) is 1. The van der Waals surface area contributed by atoms with Gasteiger partial charge in [0.25, 0.3) is 5.91 Å². The van der Waals surface area contributed by atoms with Crippen LogP contribution in [0.3, 0.4) is 0 Å². The van der Waals surface area contributed by atoms with Crippen molar-refractivity contribution in [3.63, 3.8) is 0 Å². The van der Waals surface area contributed by atoms with Crippen molar-refractivity contribution in [2.75, 3.05) is 112 Å². The highest BCUT2D eigenvalue weighted by Gasteiger charge is 2.33. The van der Waals surface area contributed by atoms with Gasteiger partial charge in [-0.2, -0.15) is 5.11 Å². The molecule has 3 heterocycles. The lowest BCUT2D eigenvalue weighted by molar-refractivity contribution is -0.140. The summed E-state index contributed by atoms with van der Waals surface area (Å²) in [7, 11) is 0. The standard InChI is InChI=1S/C79H114IN17O21/c1-7-81-77(114)73-91-90-72(58-45-57(51(2)3)62(98)46-63(58)99)97(73)56-23-19-53(20-24-56)47-93-38-40-94(41-39-93)68(104)31-34-84-74(111)59(25-28-69(105)106)87-76(113)61(27-30-71(109)110)88-75(112)60(26-29-70(107)108)86-66(102)50-117-44-43-116-42-35-83-64(100)14-8-9-37-96-49-55(89-92-96)48-95(36-12-33-85-78(115)118-79(4,5)6)67(103)16-11-32-82-65(101)15-10-13-52-17-21-54(80)22-18-52/h17-24,45-46,51,55,59-61,98-99H,7-16,25-44,47-50H2,1-6H3,(H,81,114)(H,82,101)(H,83,100)(H,84,111)(H,85,115)(H,86,102)(H,87,113)(H,88,112)(H,105,106)(H,107,108)(H,109,110)/t55?,59-,60-,61-/m1/s1. The molecule has 0 aliphatic carbocycles. The molecule has 4 atom stereocenters. The van der Waals surface area contributed by atoms with E-state index in [1.54, 1.807) is 60.7 Å². The summed E-state index contributed by atoms with van der Waals surface area (Å²) in [5.74, 6) is -9.52. The lowest BCUT2D eigenvalue weighted by Gasteiger charge is -2.35. The monoisotopic (exact) mass is 1760 g/mol. The van der Waals surface area contributed by atoms with Gasteiger partial charge in [0, 0.05) is 145 Å². The number of rotatable bonds is 52. The predicted molar refractivity (Wildman–Crippen MR) is 437 cm³/mol. The first-order valence-corrected chi connectivity index (χ1v) is 40.9. The molecule has 0 radical (unpaired) electrons. The van der Waals surface area contributed by atoms with Crippen molar-refractivity contribution in [3.8, 4) is 28.6 Å². The number of aliphatic carboxylic acids is 3. The average Bonchev–Trinajstić information content (AvgIpc) is 1.59. The van der Waals surface area contributed by atoms with Gasteiger partial charge in [0.15, 0.2) is 5.82 Å². The molecule has 3 aromatic carbocycles. The smallest absolute Gasteiger partial charge is 0.407 e. The molecule has 39 heteroatoms. The van der Waals surface area contributed by atoms with Gasteiger partial charge in [0.2, 0.25) is 53.1 Å². The number of aromatic nitrogens is 3. The second-order valence-electron chi connectivity index (χ2n) is 29.8. The zero-order valence-corrected chi connectivity index (χ0v) is 70.0. The summed E-state index contributed by atoms with van der Waals surface area (Å²) < 4.78 is 18.9. The van der Waals surface area contributed by atoms with E-state index in [-0.39, 0.29) is 123 Å². The van der Waals surface area contributed by atoms with Gasteiger partial charge in [-0.3, -0.25) is 72.0 Å². The summed E-state index contributed by atoms with van der Waals surface area (Å²) >= 11 is 2.25. The van der Waals surface area contributed by atoms with Gasteiger partial charge in [-0.05, 0) is 161 Å². The average molecular weight is 1760 g/mol. The molecule has 38 nitrogen and oxygen atoms in total. The molecule has 0 saturated carbocycles. The number of carbonyl (C=O) groups excluding carboxylic acids is 10. The summed E-state index contributed by atoms with van der Waals surface area (Å²) in [6, 6.07) is 13.2. The van der Waals surface area contributed by atoms with Gasteiger partial charge in [-0.25, -0.2) is 4.79 Å². The molecule has 13 N–H and O–H groups in total. The van der Waals surface area contributed by atoms with Gasteiger partial charge in [-0.15, -0.1) is 10.2 Å². The van der Waals surface area contributed by atoms with E-state index < -0.39 is 122 Å². The molecule has 118 heavy (non-hydrogen) atoms. The minimum Gasteiger partial charge on any atom is -0.508 e. The van der Waals surface area contributed by atoms with Crippen molar-refractivity contribution in [2.24, 2.45) is 10.3 Å². The van der Waals surface area contributed by atoms with E-state index in [1.165, 1.54) is 16.2 Å². The largest absolute Gasteiger partial charge is 0.508 e. The fraction of sp³-hybridized carbons (Fsp3) is 0.582. The fourth-order valence-corrected chi connectivity index (χ4v) is 13.0. The van der Waals surface area contributed by atoms with Crippen molar-refractivity contribution in [2.45, 2.75) is 187 Å². The second-order valence-corrected chi connectivity index (χ2v) is 31.1. The van der Waals surface area contributed by atoms with Crippen LogP contribution in [0.5, 0.6) is 11.5 Å². The third-order valence-corrected chi connectivity index (χ3v) is 19.5. The number of nitrogens with zero attached hydrogens (tertiary/aromatic N) is 9. The van der Waals surface area contributed by atoms with Crippen molar-refractivity contribution in [3.05, 3.63) is 86.7 Å². The number of piperazine rings is 1. The molecule has 2 aliphatic rings. The molecular formula is C79H114IN17O21. The van der Waals surface area contributed by atoms with Crippen LogP contribution in [0.2, 0.25) is 0 Å². The van der Waals surface area contributed by atoms with Gasteiger partial charge < -0.3 is 92.1 Å². The Labute approximate surface area is 698 Å². The van der Waals surface area contributed by atoms with Crippen LogP contribution in [0.15, 0.2) is 71.0 Å². The Morgan fingerprint density at radius 2 is 1.20 bits per heavy atom. The number of phenolic OH excluding ortho intramolecular Hbond substituents is 2. The Morgan fingerprint density at radius 1 is 0.602 bits per heavy atom. The number of benzene rings is 3. The van der Waals surface area contributed by atoms with E-state index in [9.17, 15) is 87.9 Å². The molecule has 1 unspecified atom stereocenters. The maximum Gasteiger partial charge on any atom is 0.407 e. The van der Waals surface area contributed by atoms with E-state index in [4.69, 9.17) is 14.2 Å². The minimum absolute atomic E-state index is 0.0203. The van der Waals surface area contributed by atoms with E-state index in [1.807, 2.05) is 38.1 Å². The summed E-state index contributed by atoms with van der Waals surface area (Å²) in [5.41, 5.74) is 2.75. The van der Waals surface area contributed by atoms with Gasteiger partial charge in [-0.1, -0.05) is 43.3 Å². The number of amides is 10. The first-order chi connectivity index (χ1) is 56.2. The highest BCUT2D eigenvalue weighted by Crippen LogP contribution is 2.38. The molecule has 10 amide bonds. The number of halogens is 1. The van der Waals surface area contributed by atoms with Crippen LogP contribution in [0, 0.1) is 3.57 Å². The van der Waals surface area contributed by atoms with Gasteiger partial charge in [0.05, 0.1) is 31.9 Å². The maximum atomic E-state index is 13.9. The lowest BCUT2D eigenvalue weighted by Crippen LogP contribution is -2.57. The third kappa shape index (κ3) is 35.2. The summed E-state index contributed by atoms with van der Waals surface area (Å²) in [6.07, 6.45) is 0.150. The highest BCUT2D eigenvalue weighted by molar-refractivity contribution is 14.1. The number of carboxylic acids is 3. The number of aryl methyl sites for hydroxylation is 1. The molecule has 6 rings (SSSR count). The van der Waals surface area contributed by atoms with E-state index >= 15 is 0 Å². The molecule has 1 fully saturated rings. The molecule has 0 spiro atoms. The maximum absolute atomic E-state index is 13.9. The van der Waals surface area contributed by atoms with Crippen molar-refractivity contribution in [1.82, 2.24) is 77.0 Å². The van der Waals surface area contributed by atoms with E-state index in [0.29, 0.717) is 122 Å². The molecule has 1 saturated heterocycles. The Kier molecular flexibility index (Phi) is 40.9. The Hall–Kier alpha value is -10.7. The van der Waals surface area contributed by atoms with Crippen LogP contribution < -0.4 is 42.5 Å². The molecule has 2 aliphatic heterocycles. The van der Waals surface area contributed by atoms with Crippen molar-refractivity contribution < 1.29 is 102 Å². The quantitative estimate of drug-likeness (QED) is 0.0219. The molecule has 0 bridgehead atoms. The van der Waals surface area contributed by atoms with Crippen LogP contribution in [0.4, 0.5) is 4.79 Å². The number of hydrogen-bond acceptors (Lipinski definition) is 24. The molecule has 1 aromatic heterocycles. The lowest BCUT2D eigenvalue weighted by atomic mass is 9.98. The SMILES string of the molecule is CCNC(=O)c1nnc(-c2cc(C(C)C)c(O)cc2O)n1-c1ccc(CN2CCN(C(=O)CCNC(=O)[C@@H](CCC(=O)O)NC(=O)[C@@H](CCC(=O)O)NC(=O)[C@@H](CCC(=O)O)NC(=O)COCCOCCNC(=O)CCCCN3CC(CN(CCCNC(=O)OC(C)(C)C)C(=O)CCCNC(=O)CCCc4ccc(I)cc4)N=N3)CC2)cc1. The third-order valence-electron chi connectivity index (χ3n) is 18.8. The molecule has 648 valence electrons. The number of aromatic hydroxyl groups is 2. The predicted octanol–water partition coefficient (Wildman–Crippen LogP) is 4.06. The van der Waals surface area contributed by atoms with Crippen molar-refractivity contribution >= 4 is 99.8 Å². The van der Waals surface area contributed by atoms with E-state index in [2.05, 4.69) is 103 Å². The Balaban J connectivity index is 0.873. The second kappa shape index (κ2) is 50.2. The molecular weight excluding hydrogens is 1650 g/mol. The van der Waals surface area contributed by atoms with Crippen LogP contribution in [-0.4, -0.2) is 278 Å². The number of phenols is 2. The number of carboxylic acid groups (broad SMARTS) is 3. The Bertz CT molecular complexity index is 4040. The number of unbranched alkanes of at least 4 members (excludes halogenated alkanes) is 1. The number of hydrogen-bond donors (Lipinski definition) is 13. The zero-order chi connectivity index (χ0) is 86.3. The van der Waals surface area contributed by atoms with Crippen LogP contribution in [0.1, 0.15) is 171 Å². The number of nitrogens with one attached hydrogen (secondary N) is 8. The van der Waals surface area contributed by atoms with E-state index in [0.717, 1.165) is 15.6 Å². The zero-order valence-electron chi connectivity index (χ0n) is 67.9. The fourth-order valence-electron chi connectivity index (χ4n) is 12.6. The number of carbonyl (C=O) groups is 13. The van der Waals surface area contributed by atoms with Crippen LogP contribution in [0.25, 0.3) is 17.1 Å². The van der Waals surface area contributed by atoms with Crippen LogP contribution in [-0.2, 0) is 79.9 Å². The first-order valence-electron chi connectivity index (χ1n) is 39.8. The van der Waals surface area contributed by atoms with Gasteiger partial charge >= 0.3 is 24.0 Å². The number of ether oxygens (including phenoxy) is 3. The summed E-state index contributed by atoms with van der Waals surface area (Å²) in [6.45, 7) is 14.8. The van der Waals surface area contributed by atoms with Crippen molar-refractivity contribution in [1.29, 1.82) is 0 Å². The van der Waals surface area contributed by atoms with Crippen LogP contribution >= 0.6 is 22.6 Å². The summed E-state index contributed by atoms with van der Waals surface area (Å²) in [5, 5.41) is 89.8. The summed E-state index contributed by atoms with van der Waals surface area (Å²) in [4.78, 5) is 173. The molecule has 4 aromatic rings. The van der Waals surface area contributed by atoms with Gasteiger partial charge in [0.1, 0.15) is 47.9 Å². The minimum atomic E-state index is -1.70.